The lowest BCUT2D eigenvalue weighted by atomic mass is 10.1. The second kappa shape index (κ2) is 5.17. The molecule has 0 aliphatic heterocycles. The molecule has 0 amide bonds. The van der Waals surface area contributed by atoms with Crippen LogP contribution in [0.4, 0.5) is 0 Å². The zero-order chi connectivity index (χ0) is 13.9. The molecule has 0 aliphatic carbocycles. The first-order valence-corrected chi connectivity index (χ1v) is 6.13. The van der Waals surface area contributed by atoms with Gasteiger partial charge >= 0.3 is 0 Å². The maximum atomic E-state index is 5.46. The molecule has 0 radical (unpaired) electrons. The molecule has 0 aliphatic rings. The Morgan fingerprint density at radius 1 is 1.40 bits per heavy atom. The molecule has 3 rings (SSSR count). The lowest BCUT2D eigenvalue weighted by Gasteiger charge is -1.97. The van der Waals surface area contributed by atoms with Gasteiger partial charge in [0, 0.05) is 24.5 Å². The molecule has 0 aromatic carbocycles. The molecule has 3 aromatic rings. The predicted octanol–water partition coefficient (Wildman–Crippen LogP) is 0.657. The molecule has 8 nitrogen and oxygen atoms in total. The molecule has 8 heteroatoms. The van der Waals surface area contributed by atoms with Gasteiger partial charge in [-0.3, -0.25) is 9.67 Å². The summed E-state index contributed by atoms with van der Waals surface area (Å²) in [6, 6.07) is 1.84. The van der Waals surface area contributed by atoms with Crippen molar-refractivity contribution in [1.82, 2.24) is 30.1 Å². The normalized spacial score (nSPS) is 10.9. The van der Waals surface area contributed by atoms with E-state index >= 15 is 0 Å². The van der Waals surface area contributed by atoms with Crippen LogP contribution in [-0.2, 0) is 6.54 Å². The fourth-order valence-corrected chi connectivity index (χ4v) is 1.80. The SMILES string of the molecule is Cc1cnccc1-c1noc(-c2cn(CCN)nn2)n1. The van der Waals surface area contributed by atoms with E-state index in [1.54, 1.807) is 23.3 Å². The first-order chi connectivity index (χ1) is 9.78. The molecule has 3 heterocycles. The van der Waals surface area contributed by atoms with Gasteiger partial charge in [-0.1, -0.05) is 10.4 Å². The Morgan fingerprint density at radius 3 is 3.10 bits per heavy atom. The van der Waals surface area contributed by atoms with E-state index in [0.717, 1.165) is 11.1 Å². The topological polar surface area (TPSA) is 109 Å². The third-order valence-electron chi connectivity index (χ3n) is 2.80. The first kappa shape index (κ1) is 12.4. The molecule has 2 N–H and O–H groups in total. The third-order valence-corrected chi connectivity index (χ3v) is 2.80. The minimum atomic E-state index is 0.333. The molecule has 0 fully saturated rings. The smallest absolute Gasteiger partial charge is 0.280 e. The van der Waals surface area contributed by atoms with E-state index in [0.29, 0.717) is 30.5 Å². The minimum absolute atomic E-state index is 0.333. The zero-order valence-corrected chi connectivity index (χ0v) is 10.9. The highest BCUT2D eigenvalue weighted by molar-refractivity contribution is 5.60. The van der Waals surface area contributed by atoms with Crippen LogP contribution in [0.15, 0.2) is 29.2 Å². The van der Waals surface area contributed by atoms with Crippen molar-refractivity contribution < 1.29 is 4.52 Å². The largest absolute Gasteiger partial charge is 0.332 e. The Hall–Kier alpha value is -2.61. The highest BCUT2D eigenvalue weighted by Crippen LogP contribution is 2.22. The van der Waals surface area contributed by atoms with Crippen molar-refractivity contribution in [2.45, 2.75) is 13.5 Å². The van der Waals surface area contributed by atoms with Gasteiger partial charge in [-0.05, 0) is 18.6 Å². The van der Waals surface area contributed by atoms with Gasteiger partial charge in [0.2, 0.25) is 5.82 Å². The number of nitrogens with two attached hydrogens (primary N) is 1. The zero-order valence-electron chi connectivity index (χ0n) is 10.9. The van der Waals surface area contributed by atoms with Crippen LogP contribution in [0.3, 0.4) is 0 Å². The molecule has 102 valence electrons. The first-order valence-electron chi connectivity index (χ1n) is 6.13. The van der Waals surface area contributed by atoms with Crippen LogP contribution >= 0.6 is 0 Å². The van der Waals surface area contributed by atoms with E-state index in [-0.39, 0.29) is 0 Å². The third kappa shape index (κ3) is 2.28. The van der Waals surface area contributed by atoms with Gasteiger partial charge in [0.15, 0.2) is 5.69 Å². The van der Waals surface area contributed by atoms with Crippen LogP contribution in [-0.4, -0.2) is 36.7 Å². The van der Waals surface area contributed by atoms with Crippen molar-refractivity contribution in [3.05, 3.63) is 30.2 Å². The van der Waals surface area contributed by atoms with Gasteiger partial charge in [0.25, 0.3) is 5.89 Å². The van der Waals surface area contributed by atoms with E-state index in [9.17, 15) is 0 Å². The molecule has 3 aromatic heterocycles. The maximum absolute atomic E-state index is 5.46. The van der Waals surface area contributed by atoms with Gasteiger partial charge in [-0.15, -0.1) is 5.10 Å². The maximum Gasteiger partial charge on any atom is 0.280 e. The van der Waals surface area contributed by atoms with Gasteiger partial charge in [-0.2, -0.15) is 4.98 Å². The van der Waals surface area contributed by atoms with Crippen LogP contribution in [0.25, 0.3) is 23.0 Å². The van der Waals surface area contributed by atoms with E-state index in [2.05, 4.69) is 25.4 Å². The van der Waals surface area contributed by atoms with Gasteiger partial charge in [0.05, 0.1) is 12.7 Å². The van der Waals surface area contributed by atoms with E-state index < -0.39 is 0 Å². The summed E-state index contributed by atoms with van der Waals surface area (Å²) in [6.45, 7) is 3.03. The summed E-state index contributed by atoms with van der Waals surface area (Å²) in [5.41, 5.74) is 7.85. The van der Waals surface area contributed by atoms with Crippen molar-refractivity contribution >= 4 is 0 Å². The molecule has 20 heavy (non-hydrogen) atoms. The van der Waals surface area contributed by atoms with Crippen LogP contribution in [0.1, 0.15) is 5.56 Å². The number of nitrogens with zero attached hydrogens (tertiary/aromatic N) is 6. The second-order valence-electron chi connectivity index (χ2n) is 4.27. The minimum Gasteiger partial charge on any atom is -0.332 e. The molecular formula is C12H13N7O. The van der Waals surface area contributed by atoms with Crippen LogP contribution in [0, 0.1) is 6.92 Å². The van der Waals surface area contributed by atoms with E-state index in [1.807, 2.05) is 13.0 Å². The lowest BCUT2D eigenvalue weighted by molar-refractivity contribution is 0.431. The van der Waals surface area contributed by atoms with Crippen molar-refractivity contribution in [3.63, 3.8) is 0 Å². The molecule has 0 atom stereocenters. The van der Waals surface area contributed by atoms with Gasteiger partial charge in [0.1, 0.15) is 0 Å². The Bertz CT molecular complexity index is 718. The fourth-order valence-electron chi connectivity index (χ4n) is 1.80. The Labute approximate surface area is 114 Å². The van der Waals surface area contributed by atoms with Crippen LogP contribution in [0.2, 0.25) is 0 Å². The molecule has 0 saturated carbocycles. The van der Waals surface area contributed by atoms with Crippen molar-refractivity contribution in [2.75, 3.05) is 6.54 Å². The molecule has 0 bridgehead atoms. The fraction of sp³-hybridized carbons (Fsp3) is 0.250. The number of aromatic nitrogens is 6. The van der Waals surface area contributed by atoms with Crippen LogP contribution < -0.4 is 5.73 Å². The summed E-state index contributed by atoms with van der Waals surface area (Å²) in [7, 11) is 0. The average molecular weight is 271 g/mol. The van der Waals surface area contributed by atoms with Gasteiger partial charge < -0.3 is 10.3 Å². The molecular weight excluding hydrogens is 258 g/mol. The number of hydrogen-bond acceptors (Lipinski definition) is 7. The summed E-state index contributed by atoms with van der Waals surface area (Å²) in [5.74, 6) is 0.841. The Morgan fingerprint density at radius 2 is 2.30 bits per heavy atom. The highest BCUT2D eigenvalue weighted by atomic mass is 16.5. The van der Waals surface area contributed by atoms with Crippen LogP contribution in [0.5, 0.6) is 0 Å². The number of hydrogen-bond donors (Lipinski definition) is 1. The summed E-state index contributed by atoms with van der Waals surface area (Å²) in [6.07, 6.45) is 5.17. The summed E-state index contributed by atoms with van der Waals surface area (Å²) < 4.78 is 6.86. The Kier molecular flexibility index (Phi) is 3.21. The highest BCUT2D eigenvalue weighted by Gasteiger charge is 2.14. The molecule has 0 unspecified atom stereocenters. The summed E-state index contributed by atoms with van der Waals surface area (Å²) >= 11 is 0. The summed E-state index contributed by atoms with van der Waals surface area (Å²) in [5, 5.41) is 11.9. The standard InChI is InChI=1S/C12H13N7O/c1-8-6-14-4-2-9(8)11-15-12(20-17-11)10-7-19(5-3-13)18-16-10/h2,4,6-7H,3,5,13H2,1H3. The summed E-state index contributed by atoms with van der Waals surface area (Å²) in [4.78, 5) is 8.37. The quantitative estimate of drug-likeness (QED) is 0.742. The van der Waals surface area contributed by atoms with E-state index in [4.69, 9.17) is 10.3 Å². The predicted molar refractivity (Wildman–Crippen MR) is 70.3 cm³/mol. The number of rotatable bonds is 4. The average Bonchev–Trinajstić information content (AvgIpc) is 3.08. The number of aryl methyl sites for hydroxylation is 1. The molecule has 0 spiro atoms. The monoisotopic (exact) mass is 271 g/mol. The lowest BCUT2D eigenvalue weighted by Crippen LogP contribution is -2.10. The second-order valence-corrected chi connectivity index (χ2v) is 4.27. The Balaban J connectivity index is 1.91. The van der Waals surface area contributed by atoms with Crippen molar-refractivity contribution in [2.24, 2.45) is 5.73 Å². The van der Waals surface area contributed by atoms with Gasteiger partial charge in [-0.25, -0.2) is 0 Å². The van der Waals surface area contributed by atoms with Crippen molar-refractivity contribution in [3.8, 4) is 23.0 Å². The van der Waals surface area contributed by atoms with Crippen molar-refractivity contribution in [1.29, 1.82) is 0 Å². The molecule has 0 saturated heterocycles. The van der Waals surface area contributed by atoms with E-state index in [1.165, 1.54) is 0 Å². The number of pyridine rings is 1.